The fourth-order valence-electron chi connectivity index (χ4n) is 3.57. The van der Waals surface area contributed by atoms with Crippen LogP contribution in [0, 0.1) is 5.92 Å². The first-order valence-electron chi connectivity index (χ1n) is 10.2. The monoisotopic (exact) mass is 445 g/mol. The van der Waals surface area contributed by atoms with Crippen molar-refractivity contribution >= 4 is 27.5 Å². The SMILES string of the molecule is CC(=O)Nc1ccc(S(=O)(=O)N2CCC[C@H](C(=O)NC[C@@H](O)c3ccccc3)C2)cc1. The lowest BCUT2D eigenvalue weighted by Gasteiger charge is -2.31. The number of carbonyl (C=O) groups excluding carboxylic acids is 2. The molecule has 166 valence electrons. The van der Waals surface area contributed by atoms with Gasteiger partial charge in [-0.25, -0.2) is 8.42 Å². The molecule has 31 heavy (non-hydrogen) atoms. The van der Waals surface area contributed by atoms with E-state index in [0.29, 0.717) is 30.6 Å². The number of hydrogen-bond donors (Lipinski definition) is 3. The fourth-order valence-corrected chi connectivity index (χ4v) is 5.10. The van der Waals surface area contributed by atoms with Gasteiger partial charge < -0.3 is 15.7 Å². The van der Waals surface area contributed by atoms with Gasteiger partial charge in [0, 0.05) is 32.2 Å². The van der Waals surface area contributed by atoms with Crippen LogP contribution in [0.4, 0.5) is 5.69 Å². The van der Waals surface area contributed by atoms with Crippen LogP contribution in [0.1, 0.15) is 31.4 Å². The summed E-state index contributed by atoms with van der Waals surface area (Å²) in [6, 6.07) is 15.0. The van der Waals surface area contributed by atoms with E-state index in [2.05, 4.69) is 10.6 Å². The van der Waals surface area contributed by atoms with Gasteiger partial charge in [0.1, 0.15) is 0 Å². The van der Waals surface area contributed by atoms with E-state index in [4.69, 9.17) is 0 Å². The number of aliphatic hydroxyl groups is 1. The molecule has 2 amide bonds. The van der Waals surface area contributed by atoms with E-state index in [9.17, 15) is 23.1 Å². The number of nitrogens with one attached hydrogen (secondary N) is 2. The molecule has 1 aliphatic heterocycles. The van der Waals surface area contributed by atoms with Gasteiger partial charge in [-0.3, -0.25) is 9.59 Å². The van der Waals surface area contributed by atoms with E-state index in [1.165, 1.54) is 35.5 Å². The summed E-state index contributed by atoms with van der Waals surface area (Å²) in [5.41, 5.74) is 1.22. The molecule has 1 saturated heterocycles. The quantitative estimate of drug-likeness (QED) is 0.602. The van der Waals surface area contributed by atoms with Gasteiger partial charge in [-0.1, -0.05) is 30.3 Å². The van der Waals surface area contributed by atoms with Gasteiger partial charge in [-0.15, -0.1) is 0 Å². The normalized spacial score (nSPS) is 18.2. The minimum atomic E-state index is -3.76. The third-order valence-corrected chi connectivity index (χ3v) is 7.10. The zero-order valence-electron chi connectivity index (χ0n) is 17.3. The number of carbonyl (C=O) groups is 2. The predicted molar refractivity (Wildman–Crippen MR) is 117 cm³/mol. The van der Waals surface area contributed by atoms with E-state index in [1.807, 2.05) is 18.2 Å². The molecule has 3 N–H and O–H groups in total. The molecule has 0 aromatic heterocycles. The highest BCUT2D eigenvalue weighted by Crippen LogP contribution is 2.25. The average molecular weight is 446 g/mol. The Hall–Kier alpha value is -2.75. The summed E-state index contributed by atoms with van der Waals surface area (Å²) < 4.78 is 27.3. The third-order valence-electron chi connectivity index (χ3n) is 5.22. The Morgan fingerprint density at radius 2 is 1.81 bits per heavy atom. The van der Waals surface area contributed by atoms with Gasteiger partial charge >= 0.3 is 0 Å². The molecular weight excluding hydrogens is 418 g/mol. The highest BCUT2D eigenvalue weighted by molar-refractivity contribution is 7.89. The molecule has 0 unspecified atom stereocenters. The predicted octanol–water partition coefficient (Wildman–Crippen LogP) is 1.90. The number of sulfonamides is 1. The summed E-state index contributed by atoms with van der Waals surface area (Å²) in [4.78, 5) is 23.8. The highest BCUT2D eigenvalue weighted by Gasteiger charge is 2.33. The zero-order chi connectivity index (χ0) is 22.4. The van der Waals surface area contributed by atoms with Crippen LogP contribution in [0.2, 0.25) is 0 Å². The van der Waals surface area contributed by atoms with E-state index >= 15 is 0 Å². The number of aliphatic hydroxyl groups excluding tert-OH is 1. The van der Waals surface area contributed by atoms with E-state index in [-0.39, 0.29) is 29.8 Å². The fraction of sp³-hybridized carbons (Fsp3) is 0.364. The second kappa shape index (κ2) is 10.0. The van der Waals surface area contributed by atoms with Gasteiger partial charge in [0.25, 0.3) is 0 Å². The maximum absolute atomic E-state index is 13.0. The van der Waals surface area contributed by atoms with Crippen molar-refractivity contribution in [1.29, 1.82) is 0 Å². The van der Waals surface area contributed by atoms with E-state index in [1.54, 1.807) is 12.1 Å². The van der Waals surface area contributed by atoms with Gasteiger partial charge in [0.05, 0.1) is 16.9 Å². The number of rotatable bonds is 7. The largest absolute Gasteiger partial charge is 0.387 e. The molecule has 2 aromatic carbocycles. The van der Waals surface area contributed by atoms with Crippen molar-refractivity contribution < 1.29 is 23.1 Å². The van der Waals surface area contributed by atoms with Crippen molar-refractivity contribution in [3.8, 4) is 0 Å². The maximum atomic E-state index is 13.0. The summed E-state index contributed by atoms with van der Waals surface area (Å²) in [7, 11) is -3.76. The minimum absolute atomic E-state index is 0.0662. The summed E-state index contributed by atoms with van der Waals surface area (Å²) in [5, 5.41) is 15.6. The molecule has 0 saturated carbocycles. The van der Waals surface area contributed by atoms with Gasteiger partial charge in [-0.2, -0.15) is 4.31 Å². The van der Waals surface area contributed by atoms with Crippen LogP contribution in [0.3, 0.4) is 0 Å². The Kier molecular flexibility index (Phi) is 7.42. The Balaban J connectivity index is 1.61. The molecule has 9 heteroatoms. The Bertz CT molecular complexity index is 1010. The first kappa shape index (κ1) is 22.9. The van der Waals surface area contributed by atoms with Crippen LogP contribution in [-0.4, -0.2) is 49.3 Å². The lowest BCUT2D eigenvalue weighted by Crippen LogP contribution is -2.46. The number of piperidine rings is 1. The van der Waals surface area contributed by atoms with Crippen LogP contribution in [0.5, 0.6) is 0 Å². The lowest BCUT2D eigenvalue weighted by atomic mass is 9.98. The molecule has 0 radical (unpaired) electrons. The van der Waals surface area contributed by atoms with Gasteiger partial charge in [0.15, 0.2) is 0 Å². The van der Waals surface area contributed by atoms with Crippen molar-refractivity contribution in [3.05, 3.63) is 60.2 Å². The molecule has 0 spiro atoms. The van der Waals surface area contributed by atoms with Gasteiger partial charge in [-0.05, 0) is 42.7 Å². The summed E-state index contributed by atoms with van der Waals surface area (Å²) in [5.74, 6) is -0.987. The Morgan fingerprint density at radius 1 is 1.13 bits per heavy atom. The van der Waals surface area contributed by atoms with Crippen LogP contribution >= 0.6 is 0 Å². The minimum Gasteiger partial charge on any atom is -0.387 e. The first-order valence-corrected chi connectivity index (χ1v) is 11.6. The molecule has 0 bridgehead atoms. The number of benzene rings is 2. The summed E-state index contributed by atoms with van der Waals surface area (Å²) >= 11 is 0. The van der Waals surface area contributed by atoms with Crippen LogP contribution in [0.25, 0.3) is 0 Å². The highest BCUT2D eigenvalue weighted by atomic mass is 32.2. The molecule has 1 aliphatic rings. The molecule has 2 atom stereocenters. The molecular formula is C22H27N3O5S. The second-order valence-corrected chi connectivity index (χ2v) is 9.52. The van der Waals surface area contributed by atoms with Crippen molar-refractivity contribution in [2.45, 2.75) is 30.8 Å². The van der Waals surface area contributed by atoms with Crippen LogP contribution in [0.15, 0.2) is 59.5 Å². The smallest absolute Gasteiger partial charge is 0.243 e. The number of amides is 2. The second-order valence-electron chi connectivity index (χ2n) is 7.58. The van der Waals surface area contributed by atoms with Crippen molar-refractivity contribution in [2.24, 2.45) is 5.92 Å². The zero-order valence-corrected chi connectivity index (χ0v) is 18.1. The lowest BCUT2D eigenvalue weighted by molar-refractivity contribution is -0.126. The molecule has 1 heterocycles. The summed E-state index contributed by atoms with van der Waals surface area (Å²) in [6.45, 7) is 1.87. The number of anilines is 1. The molecule has 0 aliphatic carbocycles. The summed E-state index contributed by atoms with van der Waals surface area (Å²) in [6.07, 6.45) is 0.333. The standard InChI is InChI=1S/C22H27N3O5S/c1-16(26)24-19-9-11-20(12-10-19)31(29,30)25-13-5-8-18(15-25)22(28)23-14-21(27)17-6-3-2-4-7-17/h2-4,6-7,9-12,18,21,27H,5,8,13-15H2,1H3,(H,23,28)(H,24,26)/t18-,21+/m0/s1. The Morgan fingerprint density at radius 3 is 2.45 bits per heavy atom. The van der Waals surface area contributed by atoms with Crippen molar-refractivity contribution in [2.75, 3.05) is 25.0 Å². The van der Waals surface area contributed by atoms with Gasteiger partial charge in [0.2, 0.25) is 21.8 Å². The van der Waals surface area contributed by atoms with E-state index in [0.717, 1.165) is 0 Å². The Labute approximate surface area is 182 Å². The average Bonchev–Trinajstić information content (AvgIpc) is 2.78. The number of nitrogens with zero attached hydrogens (tertiary/aromatic N) is 1. The van der Waals surface area contributed by atoms with Crippen LogP contribution in [-0.2, 0) is 19.6 Å². The van der Waals surface area contributed by atoms with Crippen LogP contribution < -0.4 is 10.6 Å². The third kappa shape index (κ3) is 5.90. The van der Waals surface area contributed by atoms with Crippen molar-refractivity contribution in [3.63, 3.8) is 0 Å². The van der Waals surface area contributed by atoms with Crippen molar-refractivity contribution in [1.82, 2.24) is 9.62 Å². The topological polar surface area (TPSA) is 116 Å². The molecule has 8 nitrogen and oxygen atoms in total. The molecule has 3 rings (SSSR count). The molecule has 2 aromatic rings. The first-order chi connectivity index (χ1) is 14.8. The molecule has 1 fully saturated rings. The number of hydrogen-bond acceptors (Lipinski definition) is 5. The van der Waals surface area contributed by atoms with E-state index < -0.39 is 22.0 Å². The maximum Gasteiger partial charge on any atom is 0.243 e.